The summed E-state index contributed by atoms with van der Waals surface area (Å²) in [6.07, 6.45) is 2.34. The second-order valence-corrected chi connectivity index (χ2v) is 12.9. The first-order chi connectivity index (χ1) is 18.6. The van der Waals surface area contributed by atoms with Crippen LogP contribution < -0.4 is 10.1 Å². The molecule has 2 heterocycles. The fourth-order valence-corrected chi connectivity index (χ4v) is 7.71. The van der Waals surface area contributed by atoms with E-state index >= 15 is 0 Å². The molecule has 10 nitrogen and oxygen atoms in total. The molecule has 3 aromatic rings. The summed E-state index contributed by atoms with van der Waals surface area (Å²) in [6.45, 7) is 4.81. The molecule has 0 atom stereocenters. The monoisotopic (exact) mass is 597 g/mol. The van der Waals surface area contributed by atoms with Gasteiger partial charge in [-0.15, -0.1) is 11.3 Å². The number of carbonyl (C=O) groups excluding carboxylic acids is 3. The van der Waals surface area contributed by atoms with Crippen LogP contribution in [0.4, 0.5) is 9.39 Å². The third kappa shape index (κ3) is 6.99. The third-order valence-electron chi connectivity index (χ3n) is 5.88. The lowest BCUT2D eigenvalue weighted by molar-refractivity contribution is -0.115. The van der Waals surface area contributed by atoms with Crippen molar-refractivity contribution in [2.45, 2.75) is 39.7 Å². The summed E-state index contributed by atoms with van der Waals surface area (Å²) in [7, 11) is -4.19. The van der Waals surface area contributed by atoms with Gasteiger partial charge in [0.1, 0.15) is 22.3 Å². The maximum atomic E-state index is 13.7. The molecule has 0 saturated carbocycles. The van der Waals surface area contributed by atoms with Gasteiger partial charge in [0, 0.05) is 18.0 Å². The van der Waals surface area contributed by atoms with E-state index in [1.54, 1.807) is 17.6 Å². The van der Waals surface area contributed by atoms with Crippen LogP contribution in [0.1, 0.15) is 41.1 Å². The maximum Gasteiger partial charge on any atom is 0.341 e. The number of benzene rings is 1. The van der Waals surface area contributed by atoms with Crippen LogP contribution in [0.2, 0.25) is 0 Å². The first kappa shape index (κ1) is 29.1. The molecule has 0 fully saturated rings. The minimum absolute atomic E-state index is 0.164. The number of aryl methyl sites for hydroxylation is 1. The summed E-state index contributed by atoms with van der Waals surface area (Å²) in [6, 6.07) is 4.16. The molecule has 0 spiro atoms. The van der Waals surface area contributed by atoms with E-state index in [4.69, 9.17) is 9.47 Å². The van der Waals surface area contributed by atoms with Crippen molar-refractivity contribution in [1.82, 2.24) is 4.57 Å². The second kappa shape index (κ2) is 12.5. The van der Waals surface area contributed by atoms with E-state index in [0.717, 1.165) is 34.6 Å². The van der Waals surface area contributed by atoms with E-state index in [0.29, 0.717) is 36.4 Å². The number of sulfone groups is 1. The van der Waals surface area contributed by atoms with Crippen molar-refractivity contribution in [2.24, 2.45) is 4.99 Å². The number of hydrogen-bond donors (Lipinski definition) is 1. The van der Waals surface area contributed by atoms with E-state index in [-0.39, 0.29) is 22.0 Å². The van der Waals surface area contributed by atoms with Crippen LogP contribution >= 0.6 is 22.7 Å². The van der Waals surface area contributed by atoms with Crippen LogP contribution in [0.15, 0.2) is 23.2 Å². The number of carbonyl (C=O) groups is 3. The number of amides is 2. The molecule has 210 valence electrons. The average molecular weight is 598 g/mol. The predicted molar refractivity (Wildman–Crippen MR) is 146 cm³/mol. The number of nitrogens with zero attached hydrogens (tertiary/aromatic N) is 2. The van der Waals surface area contributed by atoms with Gasteiger partial charge in [-0.05, 0) is 56.9 Å². The molecule has 0 saturated heterocycles. The van der Waals surface area contributed by atoms with E-state index in [1.165, 1.54) is 23.5 Å². The van der Waals surface area contributed by atoms with E-state index in [2.05, 4.69) is 10.3 Å². The number of esters is 1. The highest BCUT2D eigenvalue weighted by molar-refractivity contribution is 7.92. The number of fused-ring (bicyclic) bond motifs is 2. The molecule has 1 aromatic carbocycles. The van der Waals surface area contributed by atoms with Crippen molar-refractivity contribution >= 4 is 65.5 Å². The number of ether oxygens (including phenoxy) is 2. The molecular formula is C25H28FN3O7S3. The number of rotatable bonds is 11. The summed E-state index contributed by atoms with van der Waals surface area (Å²) in [5.74, 6) is -4.78. The molecule has 2 amide bonds. The van der Waals surface area contributed by atoms with Crippen LogP contribution in [0.5, 0.6) is 0 Å². The SMILES string of the molecule is CCOCCn1c(=NC(=O)CS(=O)(=O)CC(=O)Nc2sc3c(c2C(=O)OCC)CCC3)sc2cc(F)ccc21. The van der Waals surface area contributed by atoms with Crippen molar-refractivity contribution in [3.05, 3.63) is 44.8 Å². The molecule has 14 heteroatoms. The molecule has 1 aliphatic carbocycles. The fourth-order valence-electron chi connectivity index (χ4n) is 4.30. The molecular weight excluding hydrogens is 569 g/mol. The second-order valence-electron chi connectivity index (χ2n) is 8.71. The number of hydrogen-bond acceptors (Lipinski definition) is 9. The lowest BCUT2D eigenvalue weighted by atomic mass is 10.1. The largest absolute Gasteiger partial charge is 0.462 e. The van der Waals surface area contributed by atoms with Gasteiger partial charge in [-0.3, -0.25) is 9.59 Å². The number of halogens is 1. The molecule has 1 N–H and O–H groups in total. The van der Waals surface area contributed by atoms with Gasteiger partial charge in [0.15, 0.2) is 14.6 Å². The summed E-state index contributed by atoms with van der Waals surface area (Å²) >= 11 is 2.28. The quantitative estimate of drug-likeness (QED) is 0.265. The minimum Gasteiger partial charge on any atom is -0.462 e. The zero-order valence-corrected chi connectivity index (χ0v) is 23.9. The van der Waals surface area contributed by atoms with Gasteiger partial charge in [-0.25, -0.2) is 17.6 Å². The Morgan fingerprint density at radius 3 is 2.67 bits per heavy atom. The number of nitrogens with one attached hydrogen (secondary N) is 1. The zero-order valence-electron chi connectivity index (χ0n) is 21.5. The van der Waals surface area contributed by atoms with Crippen LogP contribution in [-0.4, -0.2) is 62.1 Å². The Hall–Kier alpha value is -2.94. The molecule has 0 aliphatic heterocycles. The molecule has 39 heavy (non-hydrogen) atoms. The molecule has 0 radical (unpaired) electrons. The Kier molecular flexibility index (Phi) is 9.31. The minimum atomic E-state index is -4.19. The van der Waals surface area contributed by atoms with Crippen LogP contribution in [0.3, 0.4) is 0 Å². The summed E-state index contributed by atoms with van der Waals surface area (Å²) in [5, 5.41) is 2.78. The topological polar surface area (TPSA) is 133 Å². The van der Waals surface area contributed by atoms with Crippen molar-refractivity contribution in [1.29, 1.82) is 0 Å². The van der Waals surface area contributed by atoms with Gasteiger partial charge in [0.2, 0.25) is 5.91 Å². The Balaban J connectivity index is 1.49. The summed E-state index contributed by atoms with van der Waals surface area (Å²) < 4.78 is 51.9. The Morgan fingerprint density at radius 2 is 1.92 bits per heavy atom. The molecule has 2 aromatic heterocycles. The first-order valence-corrected chi connectivity index (χ1v) is 15.8. The predicted octanol–water partition coefficient (Wildman–Crippen LogP) is 3.09. The standard InChI is InChI=1S/C25H28FN3O7S3/c1-3-35-11-10-29-17-9-8-15(26)12-19(17)38-25(29)28-21(31)14-39(33,34)13-20(30)27-23-22(24(32)36-4-2)16-6-5-7-18(16)37-23/h8-9,12H,3-7,10-11,13-14H2,1-2H3,(H,27,30). The van der Waals surface area contributed by atoms with Gasteiger partial charge < -0.3 is 19.4 Å². The number of thiophene rings is 1. The van der Waals surface area contributed by atoms with Crippen molar-refractivity contribution in [2.75, 3.05) is 36.6 Å². The average Bonchev–Trinajstić information content (AvgIpc) is 3.51. The van der Waals surface area contributed by atoms with Crippen LogP contribution in [-0.2, 0) is 48.3 Å². The van der Waals surface area contributed by atoms with Gasteiger partial charge in [0.05, 0.1) is 29.0 Å². The Morgan fingerprint density at radius 1 is 1.13 bits per heavy atom. The summed E-state index contributed by atoms with van der Waals surface area (Å²) in [5.41, 5.74) is 1.73. The van der Waals surface area contributed by atoms with E-state index in [9.17, 15) is 27.2 Å². The molecule has 0 unspecified atom stereocenters. The van der Waals surface area contributed by atoms with Gasteiger partial charge >= 0.3 is 5.97 Å². The van der Waals surface area contributed by atoms with Gasteiger partial charge in [-0.1, -0.05) is 11.3 Å². The number of aromatic nitrogens is 1. The lowest BCUT2D eigenvalue weighted by Gasteiger charge is -2.08. The normalized spacial score (nSPS) is 13.6. The number of anilines is 1. The fraction of sp³-hybridized carbons (Fsp3) is 0.440. The van der Waals surface area contributed by atoms with Crippen LogP contribution in [0.25, 0.3) is 10.2 Å². The first-order valence-electron chi connectivity index (χ1n) is 12.4. The van der Waals surface area contributed by atoms with Crippen molar-refractivity contribution in [3.8, 4) is 0 Å². The smallest absolute Gasteiger partial charge is 0.341 e. The zero-order chi connectivity index (χ0) is 28.2. The highest BCUT2D eigenvalue weighted by Crippen LogP contribution is 2.39. The summed E-state index contributed by atoms with van der Waals surface area (Å²) in [4.78, 5) is 42.9. The van der Waals surface area contributed by atoms with Crippen molar-refractivity contribution < 1.29 is 36.7 Å². The van der Waals surface area contributed by atoms with E-state index in [1.807, 2.05) is 6.92 Å². The third-order valence-corrected chi connectivity index (χ3v) is 9.51. The van der Waals surface area contributed by atoms with Crippen molar-refractivity contribution in [3.63, 3.8) is 0 Å². The number of thiazole rings is 1. The van der Waals surface area contributed by atoms with E-state index < -0.39 is 44.9 Å². The Bertz CT molecular complexity index is 1590. The lowest BCUT2D eigenvalue weighted by Crippen LogP contribution is -2.28. The van der Waals surface area contributed by atoms with Crippen LogP contribution in [0, 0.1) is 5.82 Å². The molecule has 0 bridgehead atoms. The van der Waals surface area contributed by atoms with Gasteiger partial charge in [-0.2, -0.15) is 4.99 Å². The maximum absolute atomic E-state index is 13.7. The highest BCUT2D eigenvalue weighted by Gasteiger charge is 2.29. The molecule has 4 rings (SSSR count). The highest BCUT2D eigenvalue weighted by atomic mass is 32.2. The molecule has 1 aliphatic rings. The Labute approximate surface area is 232 Å². The van der Waals surface area contributed by atoms with Gasteiger partial charge in [0.25, 0.3) is 5.91 Å².